The largest absolute Gasteiger partial charge is 0.463 e. The Morgan fingerprint density at radius 2 is 1.36 bits per heavy atom. The molecule has 0 aliphatic rings. The Morgan fingerprint density at radius 1 is 0.682 bits per heavy atom. The van der Waals surface area contributed by atoms with E-state index in [4.69, 9.17) is 8.83 Å². The molecule has 2 aromatic heterocycles. The summed E-state index contributed by atoms with van der Waals surface area (Å²) >= 11 is 0. The van der Waals surface area contributed by atoms with Crippen LogP contribution in [-0.4, -0.2) is 0 Å². The molecule has 0 saturated carbocycles. The smallest absolute Gasteiger partial charge is 0.204 e. The highest BCUT2D eigenvalue weighted by Crippen LogP contribution is 2.35. The van der Waals surface area contributed by atoms with Crippen molar-refractivity contribution in [2.24, 2.45) is 0 Å². The minimum absolute atomic E-state index is 0.0532. The van der Waals surface area contributed by atoms with Gasteiger partial charge in [0.25, 0.3) is 0 Å². The molecular formula is C19H10O3. The number of benzene rings is 3. The lowest BCUT2D eigenvalue weighted by Crippen LogP contribution is -2.02. The maximum absolute atomic E-state index is 12.9. The molecule has 104 valence electrons. The maximum Gasteiger partial charge on any atom is 0.204 e. The van der Waals surface area contributed by atoms with Gasteiger partial charge in [0.15, 0.2) is 0 Å². The Bertz CT molecular complexity index is 1240. The molecule has 0 saturated heterocycles. The zero-order valence-corrected chi connectivity index (χ0v) is 11.5. The second-order valence-electron chi connectivity index (χ2n) is 5.34. The van der Waals surface area contributed by atoms with Crippen LogP contribution in [0.15, 0.2) is 74.5 Å². The molecule has 5 rings (SSSR count). The first-order valence-electron chi connectivity index (χ1n) is 7.08. The summed E-state index contributed by atoms with van der Waals surface area (Å²) in [6.07, 6.45) is 1.62. The lowest BCUT2D eigenvalue weighted by Gasteiger charge is -2.06. The Labute approximate surface area is 124 Å². The Balaban J connectivity index is 2.25. The number of fused-ring (bicyclic) bond motifs is 7. The Hall–Kier alpha value is -3.07. The van der Waals surface area contributed by atoms with Gasteiger partial charge < -0.3 is 8.83 Å². The molecule has 22 heavy (non-hydrogen) atoms. The standard InChI is InChI=1S/C19H10O3/c20-17-14-7-3-4-8-15(14)22-19-12-6-2-1-5-11(12)13-9-10-21-18(13)16(17)19/h1-10H. The molecule has 3 nitrogen and oxygen atoms in total. The van der Waals surface area contributed by atoms with E-state index in [1.165, 1.54) is 0 Å². The third kappa shape index (κ3) is 1.33. The van der Waals surface area contributed by atoms with Crippen molar-refractivity contribution in [3.63, 3.8) is 0 Å². The van der Waals surface area contributed by atoms with Crippen molar-refractivity contribution in [2.45, 2.75) is 0 Å². The van der Waals surface area contributed by atoms with Gasteiger partial charge in [0, 0.05) is 10.8 Å². The van der Waals surface area contributed by atoms with Gasteiger partial charge >= 0.3 is 0 Å². The quantitative estimate of drug-likeness (QED) is 0.302. The van der Waals surface area contributed by atoms with Crippen LogP contribution < -0.4 is 5.43 Å². The van der Waals surface area contributed by atoms with Crippen molar-refractivity contribution in [3.05, 3.63) is 71.1 Å². The van der Waals surface area contributed by atoms with Crippen LogP contribution >= 0.6 is 0 Å². The minimum Gasteiger partial charge on any atom is -0.463 e. The van der Waals surface area contributed by atoms with E-state index in [1.54, 1.807) is 12.3 Å². The molecule has 0 bridgehead atoms. The van der Waals surface area contributed by atoms with E-state index in [-0.39, 0.29) is 5.43 Å². The van der Waals surface area contributed by atoms with Gasteiger partial charge in [0.2, 0.25) is 5.43 Å². The number of hydrogen-bond donors (Lipinski definition) is 0. The van der Waals surface area contributed by atoms with Gasteiger partial charge in [-0.15, -0.1) is 0 Å². The molecule has 3 aromatic carbocycles. The average Bonchev–Trinajstić information content (AvgIpc) is 3.05. The summed E-state index contributed by atoms with van der Waals surface area (Å²) < 4.78 is 11.7. The van der Waals surface area contributed by atoms with Crippen molar-refractivity contribution in [1.29, 1.82) is 0 Å². The molecule has 0 aliphatic carbocycles. The zero-order valence-electron chi connectivity index (χ0n) is 11.5. The van der Waals surface area contributed by atoms with Crippen molar-refractivity contribution in [3.8, 4) is 0 Å². The van der Waals surface area contributed by atoms with Gasteiger partial charge in [-0.05, 0) is 23.6 Å². The van der Waals surface area contributed by atoms with Crippen LogP contribution in [0.25, 0.3) is 43.7 Å². The van der Waals surface area contributed by atoms with Crippen molar-refractivity contribution < 1.29 is 8.83 Å². The molecule has 0 spiro atoms. The van der Waals surface area contributed by atoms with Crippen LogP contribution in [0.2, 0.25) is 0 Å². The van der Waals surface area contributed by atoms with Gasteiger partial charge in [-0.1, -0.05) is 36.4 Å². The zero-order chi connectivity index (χ0) is 14.7. The van der Waals surface area contributed by atoms with Gasteiger partial charge in [0.1, 0.15) is 22.1 Å². The van der Waals surface area contributed by atoms with E-state index in [0.717, 1.165) is 16.2 Å². The molecule has 0 atom stereocenters. The first-order valence-corrected chi connectivity index (χ1v) is 7.08. The minimum atomic E-state index is -0.0532. The summed E-state index contributed by atoms with van der Waals surface area (Å²) in [6, 6.07) is 17.1. The van der Waals surface area contributed by atoms with E-state index in [0.29, 0.717) is 27.5 Å². The fourth-order valence-corrected chi connectivity index (χ4v) is 3.17. The predicted octanol–water partition coefficient (Wildman–Crippen LogP) is 4.85. The number of rotatable bonds is 0. The number of para-hydroxylation sites is 1. The van der Waals surface area contributed by atoms with E-state index in [1.807, 2.05) is 48.5 Å². The van der Waals surface area contributed by atoms with Crippen LogP contribution in [-0.2, 0) is 0 Å². The topological polar surface area (TPSA) is 43.4 Å². The molecule has 2 heterocycles. The number of hydrogen-bond acceptors (Lipinski definition) is 3. The first kappa shape index (κ1) is 11.6. The summed E-state index contributed by atoms with van der Waals surface area (Å²) in [6.45, 7) is 0. The van der Waals surface area contributed by atoms with Gasteiger partial charge in [-0.3, -0.25) is 4.79 Å². The lowest BCUT2D eigenvalue weighted by atomic mass is 10.0. The lowest BCUT2D eigenvalue weighted by molar-refractivity contribution is 0.617. The van der Waals surface area contributed by atoms with Gasteiger partial charge in [-0.2, -0.15) is 0 Å². The summed E-state index contributed by atoms with van der Waals surface area (Å²) in [4.78, 5) is 12.9. The third-order valence-electron chi connectivity index (χ3n) is 4.15. The normalized spacial score (nSPS) is 11.8. The molecule has 0 N–H and O–H groups in total. The maximum atomic E-state index is 12.9. The number of furan rings is 1. The fraction of sp³-hybridized carbons (Fsp3) is 0. The van der Waals surface area contributed by atoms with E-state index in [2.05, 4.69) is 0 Å². The Kier molecular flexibility index (Phi) is 2.09. The highest BCUT2D eigenvalue weighted by atomic mass is 16.3. The van der Waals surface area contributed by atoms with Gasteiger partial charge in [-0.25, -0.2) is 0 Å². The summed E-state index contributed by atoms with van der Waals surface area (Å²) in [5, 5.41) is 3.97. The summed E-state index contributed by atoms with van der Waals surface area (Å²) in [5.74, 6) is 0. The fourth-order valence-electron chi connectivity index (χ4n) is 3.17. The van der Waals surface area contributed by atoms with E-state index in [9.17, 15) is 4.79 Å². The van der Waals surface area contributed by atoms with Crippen molar-refractivity contribution in [1.82, 2.24) is 0 Å². The predicted molar refractivity (Wildman–Crippen MR) is 87.3 cm³/mol. The van der Waals surface area contributed by atoms with Crippen LogP contribution in [0, 0.1) is 0 Å². The van der Waals surface area contributed by atoms with Crippen LogP contribution in [0.3, 0.4) is 0 Å². The van der Waals surface area contributed by atoms with Crippen molar-refractivity contribution in [2.75, 3.05) is 0 Å². The molecule has 5 aromatic rings. The van der Waals surface area contributed by atoms with E-state index >= 15 is 0 Å². The van der Waals surface area contributed by atoms with Gasteiger partial charge in [0.05, 0.1) is 11.6 Å². The molecule has 0 radical (unpaired) electrons. The molecule has 0 unspecified atom stereocenters. The highest BCUT2D eigenvalue weighted by molar-refractivity contribution is 6.22. The molecule has 0 amide bonds. The SMILES string of the molecule is O=c1c2ccccc2oc2c3ccccc3c3ccoc3c12. The molecular weight excluding hydrogens is 276 g/mol. The first-order chi connectivity index (χ1) is 10.8. The van der Waals surface area contributed by atoms with E-state index < -0.39 is 0 Å². The van der Waals surface area contributed by atoms with Crippen LogP contribution in [0.1, 0.15) is 0 Å². The van der Waals surface area contributed by atoms with Crippen LogP contribution in [0.5, 0.6) is 0 Å². The second-order valence-corrected chi connectivity index (χ2v) is 5.34. The van der Waals surface area contributed by atoms with Crippen molar-refractivity contribution >= 4 is 43.7 Å². The third-order valence-corrected chi connectivity index (χ3v) is 4.15. The van der Waals surface area contributed by atoms with Crippen LogP contribution in [0.4, 0.5) is 0 Å². The Morgan fingerprint density at radius 3 is 2.23 bits per heavy atom. The molecule has 0 fully saturated rings. The summed E-state index contributed by atoms with van der Waals surface area (Å²) in [5.41, 5.74) is 1.72. The molecule has 0 aliphatic heterocycles. The molecule has 3 heteroatoms. The average molecular weight is 286 g/mol. The monoisotopic (exact) mass is 286 g/mol. The highest BCUT2D eigenvalue weighted by Gasteiger charge is 2.17. The second kappa shape index (κ2) is 3.98. The summed E-state index contributed by atoms with van der Waals surface area (Å²) in [7, 11) is 0.